The standard InChI is InChI=1S/C19H23N3O4/c1-21(17-11-25-12-18(17)23)19(24)16-8-15(26-20-16)10-22-7-6-13-4-2-3-5-14(13)9-22/h2-5,8,17-18,23H,6-7,9-12H2,1H3/t17-,18-/m0/s1. The molecule has 1 amide bonds. The van der Waals surface area contributed by atoms with Gasteiger partial charge in [0.25, 0.3) is 5.91 Å². The van der Waals surface area contributed by atoms with Gasteiger partial charge in [-0.3, -0.25) is 9.69 Å². The molecular weight excluding hydrogens is 334 g/mol. The largest absolute Gasteiger partial charge is 0.388 e. The Morgan fingerprint density at radius 3 is 2.92 bits per heavy atom. The molecule has 0 saturated carbocycles. The number of fused-ring (bicyclic) bond motifs is 1. The number of ether oxygens (including phenoxy) is 1. The van der Waals surface area contributed by atoms with Crippen LogP contribution in [0.5, 0.6) is 0 Å². The molecule has 138 valence electrons. The predicted molar refractivity (Wildman–Crippen MR) is 93.5 cm³/mol. The molecule has 1 aromatic carbocycles. The molecule has 2 aliphatic heterocycles. The summed E-state index contributed by atoms with van der Waals surface area (Å²) in [5.74, 6) is 0.405. The van der Waals surface area contributed by atoms with E-state index < -0.39 is 6.10 Å². The van der Waals surface area contributed by atoms with Gasteiger partial charge in [0.2, 0.25) is 0 Å². The van der Waals surface area contributed by atoms with Crippen molar-refractivity contribution >= 4 is 5.91 Å². The van der Waals surface area contributed by atoms with Gasteiger partial charge in [-0.2, -0.15) is 0 Å². The Balaban J connectivity index is 1.40. The maximum absolute atomic E-state index is 12.6. The molecular formula is C19H23N3O4. The molecule has 7 nitrogen and oxygen atoms in total. The van der Waals surface area contributed by atoms with Crippen molar-refractivity contribution < 1.29 is 19.2 Å². The molecule has 0 radical (unpaired) electrons. The van der Waals surface area contributed by atoms with E-state index in [-0.39, 0.29) is 24.2 Å². The molecule has 26 heavy (non-hydrogen) atoms. The monoisotopic (exact) mass is 357 g/mol. The normalized spacial score (nSPS) is 23.0. The van der Waals surface area contributed by atoms with E-state index in [4.69, 9.17) is 9.26 Å². The summed E-state index contributed by atoms with van der Waals surface area (Å²) in [5.41, 5.74) is 3.00. The third kappa shape index (κ3) is 3.38. The van der Waals surface area contributed by atoms with Crippen molar-refractivity contribution in [2.75, 3.05) is 26.8 Å². The van der Waals surface area contributed by atoms with Crippen molar-refractivity contribution in [3.63, 3.8) is 0 Å². The van der Waals surface area contributed by atoms with Crippen molar-refractivity contribution in [3.05, 3.63) is 52.9 Å². The maximum atomic E-state index is 12.6. The van der Waals surface area contributed by atoms with Crippen LogP contribution in [0.3, 0.4) is 0 Å². The molecule has 0 aliphatic carbocycles. The highest BCUT2D eigenvalue weighted by molar-refractivity contribution is 5.92. The van der Waals surface area contributed by atoms with E-state index in [9.17, 15) is 9.90 Å². The van der Waals surface area contributed by atoms with Crippen LogP contribution in [0.2, 0.25) is 0 Å². The lowest BCUT2D eigenvalue weighted by Gasteiger charge is -2.27. The number of aromatic nitrogens is 1. The van der Waals surface area contributed by atoms with E-state index in [0.717, 1.165) is 19.5 Å². The summed E-state index contributed by atoms with van der Waals surface area (Å²) >= 11 is 0. The van der Waals surface area contributed by atoms with Crippen LogP contribution in [0.15, 0.2) is 34.9 Å². The Morgan fingerprint density at radius 1 is 1.35 bits per heavy atom. The smallest absolute Gasteiger partial charge is 0.276 e. The summed E-state index contributed by atoms with van der Waals surface area (Å²) in [6.07, 6.45) is 0.349. The Kier molecular flexibility index (Phi) is 4.76. The number of hydrogen-bond acceptors (Lipinski definition) is 6. The molecule has 1 N–H and O–H groups in total. The molecule has 1 aromatic heterocycles. The van der Waals surface area contributed by atoms with E-state index in [2.05, 4.69) is 34.3 Å². The van der Waals surface area contributed by atoms with Gasteiger partial charge < -0.3 is 19.3 Å². The molecule has 0 bridgehead atoms. The number of nitrogens with zero attached hydrogens (tertiary/aromatic N) is 3. The van der Waals surface area contributed by atoms with Gasteiger partial charge in [0, 0.05) is 26.2 Å². The van der Waals surface area contributed by atoms with Crippen LogP contribution < -0.4 is 0 Å². The highest BCUT2D eigenvalue weighted by Crippen LogP contribution is 2.21. The number of likely N-dealkylation sites (N-methyl/N-ethyl adjacent to an activating group) is 1. The van der Waals surface area contributed by atoms with Gasteiger partial charge in [-0.1, -0.05) is 29.4 Å². The minimum Gasteiger partial charge on any atom is -0.388 e. The average molecular weight is 357 g/mol. The number of rotatable bonds is 4. The van der Waals surface area contributed by atoms with Crippen LogP contribution >= 0.6 is 0 Å². The van der Waals surface area contributed by atoms with Gasteiger partial charge in [0.15, 0.2) is 11.5 Å². The Labute approximate surface area is 152 Å². The van der Waals surface area contributed by atoms with E-state index >= 15 is 0 Å². The molecule has 0 spiro atoms. The molecule has 2 aliphatic rings. The number of aliphatic hydroxyl groups excluding tert-OH is 1. The number of aliphatic hydroxyl groups is 1. The lowest BCUT2D eigenvalue weighted by atomic mass is 10.00. The summed E-state index contributed by atoms with van der Waals surface area (Å²) < 4.78 is 10.6. The van der Waals surface area contributed by atoms with Crippen molar-refractivity contribution in [1.29, 1.82) is 0 Å². The summed E-state index contributed by atoms with van der Waals surface area (Å²) in [7, 11) is 1.65. The molecule has 2 aromatic rings. The van der Waals surface area contributed by atoms with Gasteiger partial charge in [-0.15, -0.1) is 0 Å². The molecule has 0 unspecified atom stereocenters. The highest BCUT2D eigenvalue weighted by atomic mass is 16.5. The first-order valence-corrected chi connectivity index (χ1v) is 8.89. The van der Waals surface area contributed by atoms with Crippen LogP contribution in [-0.2, 0) is 24.2 Å². The summed E-state index contributed by atoms with van der Waals surface area (Å²) in [6.45, 7) is 3.02. The summed E-state index contributed by atoms with van der Waals surface area (Å²) in [5, 5.41) is 13.8. The average Bonchev–Trinajstić information content (AvgIpc) is 3.29. The fourth-order valence-corrected chi connectivity index (χ4v) is 3.63. The van der Waals surface area contributed by atoms with Crippen molar-refractivity contribution in [2.24, 2.45) is 0 Å². The third-order valence-corrected chi connectivity index (χ3v) is 5.21. The minimum absolute atomic E-state index is 0.253. The first kappa shape index (κ1) is 17.2. The second kappa shape index (κ2) is 7.19. The van der Waals surface area contributed by atoms with Crippen LogP contribution in [0, 0.1) is 0 Å². The summed E-state index contributed by atoms with van der Waals surface area (Å²) in [6, 6.07) is 9.81. The third-order valence-electron chi connectivity index (χ3n) is 5.21. The lowest BCUT2D eigenvalue weighted by Crippen LogP contribution is -2.44. The zero-order chi connectivity index (χ0) is 18.1. The zero-order valence-electron chi connectivity index (χ0n) is 14.8. The first-order chi connectivity index (χ1) is 12.6. The number of amides is 1. The Bertz CT molecular complexity index is 791. The number of carbonyl (C=O) groups excluding carboxylic acids is 1. The Morgan fingerprint density at radius 2 is 2.15 bits per heavy atom. The SMILES string of the molecule is CN(C(=O)c1cc(CN2CCc3ccccc3C2)on1)[C@H]1COC[C@@H]1O. The van der Waals surface area contributed by atoms with E-state index in [1.165, 1.54) is 16.0 Å². The number of benzene rings is 1. The van der Waals surface area contributed by atoms with E-state index in [0.29, 0.717) is 18.9 Å². The van der Waals surface area contributed by atoms with Crippen molar-refractivity contribution in [2.45, 2.75) is 31.7 Å². The first-order valence-electron chi connectivity index (χ1n) is 8.89. The van der Waals surface area contributed by atoms with Gasteiger partial charge in [0.05, 0.1) is 31.9 Å². The maximum Gasteiger partial charge on any atom is 0.276 e. The van der Waals surface area contributed by atoms with Gasteiger partial charge in [-0.25, -0.2) is 0 Å². The predicted octanol–water partition coefficient (Wildman–Crippen LogP) is 1.06. The summed E-state index contributed by atoms with van der Waals surface area (Å²) in [4.78, 5) is 16.3. The van der Waals surface area contributed by atoms with Gasteiger partial charge in [-0.05, 0) is 17.5 Å². The van der Waals surface area contributed by atoms with Crippen molar-refractivity contribution in [3.8, 4) is 0 Å². The van der Waals surface area contributed by atoms with Crippen LogP contribution in [0.25, 0.3) is 0 Å². The fraction of sp³-hybridized carbons (Fsp3) is 0.474. The lowest BCUT2D eigenvalue weighted by molar-refractivity contribution is 0.0571. The van der Waals surface area contributed by atoms with E-state index in [1.807, 2.05) is 0 Å². The fourth-order valence-electron chi connectivity index (χ4n) is 3.63. The van der Waals surface area contributed by atoms with Crippen LogP contribution in [-0.4, -0.2) is 64.9 Å². The zero-order valence-corrected chi connectivity index (χ0v) is 14.8. The highest BCUT2D eigenvalue weighted by Gasteiger charge is 2.33. The minimum atomic E-state index is -0.663. The van der Waals surface area contributed by atoms with Crippen molar-refractivity contribution in [1.82, 2.24) is 15.0 Å². The van der Waals surface area contributed by atoms with Gasteiger partial charge >= 0.3 is 0 Å². The second-order valence-corrected chi connectivity index (χ2v) is 7.00. The number of hydrogen-bond donors (Lipinski definition) is 1. The van der Waals surface area contributed by atoms with Crippen LogP contribution in [0.4, 0.5) is 0 Å². The second-order valence-electron chi connectivity index (χ2n) is 7.00. The molecule has 2 atom stereocenters. The Hall–Kier alpha value is -2.22. The van der Waals surface area contributed by atoms with Crippen LogP contribution in [0.1, 0.15) is 27.4 Å². The number of carbonyl (C=O) groups is 1. The molecule has 1 fully saturated rings. The molecule has 4 rings (SSSR count). The topological polar surface area (TPSA) is 79.0 Å². The molecule has 1 saturated heterocycles. The van der Waals surface area contributed by atoms with E-state index in [1.54, 1.807) is 13.1 Å². The molecule has 3 heterocycles. The van der Waals surface area contributed by atoms with Gasteiger partial charge in [0.1, 0.15) is 0 Å². The molecule has 7 heteroatoms. The quantitative estimate of drug-likeness (QED) is 0.882.